The highest BCUT2D eigenvalue weighted by atomic mass is 35.5. The first kappa shape index (κ1) is 13.7. The molecule has 2 N–H and O–H groups in total. The molecule has 1 aromatic carbocycles. The third-order valence-corrected chi connectivity index (χ3v) is 3.78. The predicted molar refractivity (Wildman–Crippen MR) is 82.9 cm³/mol. The van der Waals surface area contributed by atoms with Crippen LogP contribution in [-0.4, -0.2) is 15.2 Å². The molecule has 6 nitrogen and oxygen atoms in total. The number of hydrogen-bond donors (Lipinski definition) is 2. The summed E-state index contributed by atoms with van der Waals surface area (Å²) in [6, 6.07) is 7.39. The van der Waals surface area contributed by atoms with Crippen LogP contribution in [-0.2, 0) is 0 Å². The number of nitrogens with zero attached hydrogens (tertiary/aromatic N) is 3. The molecule has 2 aromatic heterocycles. The van der Waals surface area contributed by atoms with E-state index in [4.69, 9.17) is 11.6 Å². The van der Waals surface area contributed by atoms with Crippen molar-refractivity contribution in [2.24, 2.45) is 10.2 Å². The molecule has 8 heteroatoms. The lowest BCUT2D eigenvalue weighted by atomic mass is 10.2. The highest BCUT2D eigenvalue weighted by Gasteiger charge is 2.06. The molecule has 0 aliphatic heterocycles. The number of azo groups is 1. The maximum Gasteiger partial charge on any atom is 0.291 e. The van der Waals surface area contributed by atoms with E-state index in [9.17, 15) is 4.79 Å². The number of aromatic nitrogens is 3. The van der Waals surface area contributed by atoms with Gasteiger partial charge in [0, 0.05) is 16.0 Å². The Bertz CT molecular complexity index is 846. The third kappa shape index (κ3) is 2.93. The van der Waals surface area contributed by atoms with Crippen LogP contribution in [0, 0.1) is 6.92 Å². The van der Waals surface area contributed by atoms with Gasteiger partial charge < -0.3 is 5.10 Å². The van der Waals surface area contributed by atoms with Gasteiger partial charge in [0.05, 0.1) is 11.4 Å². The maximum atomic E-state index is 11.4. The SMILES string of the molecule is Cc1[nH][nH]c(=O)c1N=Nc1nc(-c2ccc(Cl)cc2)cs1. The standard InChI is InChI=1S/C13H10ClN5OS/c1-7-11(12(20)18-16-7)17-19-13-15-10(6-21-13)8-2-4-9(14)5-3-8/h2-6H,1H3,(H2,16,18,20). The van der Waals surface area contributed by atoms with Gasteiger partial charge >= 0.3 is 0 Å². The van der Waals surface area contributed by atoms with Crippen LogP contribution < -0.4 is 5.56 Å². The van der Waals surface area contributed by atoms with Crippen molar-refractivity contribution in [2.75, 3.05) is 0 Å². The van der Waals surface area contributed by atoms with Gasteiger partial charge in [-0.15, -0.1) is 21.6 Å². The number of aryl methyl sites for hydroxylation is 1. The van der Waals surface area contributed by atoms with Crippen LogP contribution >= 0.6 is 22.9 Å². The minimum Gasteiger partial charge on any atom is -0.300 e. The molecule has 0 saturated heterocycles. The molecule has 0 atom stereocenters. The second kappa shape index (κ2) is 5.63. The van der Waals surface area contributed by atoms with Crippen molar-refractivity contribution in [2.45, 2.75) is 6.92 Å². The highest BCUT2D eigenvalue weighted by molar-refractivity contribution is 7.13. The topological polar surface area (TPSA) is 86.3 Å². The van der Waals surface area contributed by atoms with Crippen molar-refractivity contribution >= 4 is 33.8 Å². The molecular weight excluding hydrogens is 310 g/mol. The largest absolute Gasteiger partial charge is 0.300 e. The molecular formula is C13H10ClN5OS. The summed E-state index contributed by atoms with van der Waals surface area (Å²) in [7, 11) is 0. The molecule has 3 aromatic rings. The van der Waals surface area contributed by atoms with Crippen LogP contribution in [0.3, 0.4) is 0 Å². The summed E-state index contributed by atoms with van der Waals surface area (Å²) in [6.07, 6.45) is 0. The van der Waals surface area contributed by atoms with E-state index < -0.39 is 0 Å². The lowest BCUT2D eigenvalue weighted by Crippen LogP contribution is -1.96. The summed E-state index contributed by atoms with van der Waals surface area (Å²) in [5, 5.41) is 16.1. The van der Waals surface area contributed by atoms with Crippen molar-refractivity contribution in [3.8, 4) is 11.3 Å². The molecule has 0 spiro atoms. The fraction of sp³-hybridized carbons (Fsp3) is 0.0769. The summed E-state index contributed by atoms with van der Waals surface area (Å²) >= 11 is 7.21. The number of H-pyrrole nitrogens is 2. The third-order valence-electron chi connectivity index (χ3n) is 2.80. The van der Waals surface area contributed by atoms with Gasteiger partial charge in [0.15, 0.2) is 5.69 Å². The first-order chi connectivity index (χ1) is 10.1. The monoisotopic (exact) mass is 319 g/mol. The van der Waals surface area contributed by atoms with Gasteiger partial charge in [-0.25, -0.2) is 4.98 Å². The fourth-order valence-electron chi connectivity index (χ4n) is 1.72. The Kier molecular flexibility index (Phi) is 3.68. The first-order valence-electron chi connectivity index (χ1n) is 6.04. The minimum absolute atomic E-state index is 0.262. The molecule has 0 fully saturated rings. The van der Waals surface area contributed by atoms with E-state index in [-0.39, 0.29) is 11.2 Å². The van der Waals surface area contributed by atoms with E-state index in [2.05, 4.69) is 25.4 Å². The quantitative estimate of drug-likeness (QED) is 0.709. The van der Waals surface area contributed by atoms with Gasteiger partial charge in [0.2, 0.25) is 5.13 Å². The fourth-order valence-corrected chi connectivity index (χ4v) is 2.49. The van der Waals surface area contributed by atoms with E-state index >= 15 is 0 Å². The van der Waals surface area contributed by atoms with Crippen LogP contribution in [0.2, 0.25) is 5.02 Å². The summed E-state index contributed by atoms with van der Waals surface area (Å²) in [4.78, 5) is 15.8. The Hall–Kier alpha value is -2.25. The van der Waals surface area contributed by atoms with Crippen LogP contribution in [0.25, 0.3) is 11.3 Å². The van der Waals surface area contributed by atoms with Crippen LogP contribution in [0.5, 0.6) is 0 Å². The smallest absolute Gasteiger partial charge is 0.291 e. The van der Waals surface area contributed by atoms with Gasteiger partial charge in [0.1, 0.15) is 0 Å². The molecule has 3 rings (SSSR count). The van der Waals surface area contributed by atoms with Gasteiger partial charge in [-0.1, -0.05) is 23.7 Å². The van der Waals surface area contributed by atoms with E-state index in [1.54, 1.807) is 19.1 Å². The van der Waals surface area contributed by atoms with Gasteiger partial charge in [-0.2, -0.15) is 0 Å². The first-order valence-corrected chi connectivity index (χ1v) is 7.30. The Morgan fingerprint density at radius 2 is 1.95 bits per heavy atom. The second-order valence-electron chi connectivity index (χ2n) is 4.27. The molecule has 0 bridgehead atoms. The molecule has 0 unspecified atom stereocenters. The van der Waals surface area contributed by atoms with Crippen LogP contribution in [0.4, 0.5) is 10.8 Å². The molecule has 106 valence electrons. The maximum absolute atomic E-state index is 11.4. The Labute approximate surface area is 128 Å². The van der Waals surface area contributed by atoms with E-state index in [1.807, 2.05) is 17.5 Å². The number of nitrogens with one attached hydrogen (secondary N) is 2. The zero-order chi connectivity index (χ0) is 14.8. The Balaban J connectivity index is 1.85. The molecule has 0 amide bonds. The minimum atomic E-state index is -0.300. The Morgan fingerprint density at radius 1 is 1.19 bits per heavy atom. The summed E-state index contributed by atoms with van der Waals surface area (Å²) in [5.41, 5.74) is 2.35. The molecule has 0 saturated carbocycles. The second-order valence-corrected chi connectivity index (χ2v) is 5.55. The van der Waals surface area contributed by atoms with E-state index in [0.717, 1.165) is 11.3 Å². The summed E-state index contributed by atoms with van der Waals surface area (Å²) in [5.74, 6) is 0. The normalized spacial score (nSPS) is 11.3. The number of hydrogen-bond acceptors (Lipinski definition) is 5. The number of halogens is 1. The zero-order valence-electron chi connectivity index (χ0n) is 10.9. The number of benzene rings is 1. The summed E-state index contributed by atoms with van der Waals surface area (Å²) in [6.45, 7) is 1.74. The molecule has 0 aliphatic rings. The van der Waals surface area contributed by atoms with Crippen LogP contribution in [0.1, 0.15) is 5.69 Å². The predicted octanol–water partition coefficient (Wildman–Crippen LogP) is 4.20. The van der Waals surface area contributed by atoms with Gasteiger partial charge in [-0.05, 0) is 19.1 Å². The number of rotatable bonds is 3. The van der Waals surface area contributed by atoms with Gasteiger partial charge in [-0.3, -0.25) is 9.89 Å². The number of thiazole rings is 1. The highest BCUT2D eigenvalue weighted by Crippen LogP contribution is 2.28. The average molecular weight is 320 g/mol. The van der Waals surface area contributed by atoms with E-state index in [1.165, 1.54) is 11.3 Å². The summed E-state index contributed by atoms with van der Waals surface area (Å²) < 4.78 is 0. The van der Waals surface area contributed by atoms with Crippen molar-refractivity contribution < 1.29 is 0 Å². The molecule has 21 heavy (non-hydrogen) atoms. The van der Waals surface area contributed by atoms with Crippen molar-refractivity contribution in [1.82, 2.24) is 15.2 Å². The molecule has 2 heterocycles. The molecule has 0 radical (unpaired) electrons. The molecule has 0 aliphatic carbocycles. The van der Waals surface area contributed by atoms with Gasteiger partial charge in [0.25, 0.3) is 5.56 Å². The van der Waals surface area contributed by atoms with Crippen molar-refractivity contribution in [3.63, 3.8) is 0 Å². The van der Waals surface area contributed by atoms with Crippen molar-refractivity contribution in [1.29, 1.82) is 0 Å². The zero-order valence-corrected chi connectivity index (χ0v) is 12.5. The Morgan fingerprint density at radius 3 is 2.62 bits per heavy atom. The lowest BCUT2D eigenvalue weighted by Gasteiger charge is -1.95. The number of aromatic amines is 2. The lowest BCUT2D eigenvalue weighted by molar-refractivity contribution is 1.02. The van der Waals surface area contributed by atoms with Crippen molar-refractivity contribution in [3.05, 3.63) is 50.7 Å². The van der Waals surface area contributed by atoms with E-state index in [0.29, 0.717) is 15.8 Å². The van der Waals surface area contributed by atoms with Crippen LogP contribution in [0.15, 0.2) is 44.7 Å². The average Bonchev–Trinajstić information content (AvgIpc) is 3.06.